The third-order valence-electron chi connectivity index (χ3n) is 4.06. The minimum Gasteiger partial charge on any atom is -0.374 e. The number of morpholine rings is 1. The van der Waals surface area contributed by atoms with E-state index in [1.165, 1.54) is 25.8 Å². The Kier molecular flexibility index (Phi) is 6.01. The van der Waals surface area contributed by atoms with E-state index in [1.807, 2.05) is 11.9 Å². The highest BCUT2D eigenvalue weighted by Gasteiger charge is 2.24. The van der Waals surface area contributed by atoms with E-state index in [2.05, 4.69) is 17.1 Å². The molecule has 0 bridgehead atoms. The summed E-state index contributed by atoms with van der Waals surface area (Å²) < 4.78 is 5.80. The second kappa shape index (κ2) is 7.76. The van der Waals surface area contributed by atoms with Crippen molar-refractivity contribution in [3.05, 3.63) is 12.2 Å². The molecule has 5 heteroatoms. The molecule has 1 fully saturated rings. The van der Waals surface area contributed by atoms with E-state index in [0.717, 1.165) is 32.2 Å². The summed E-state index contributed by atoms with van der Waals surface area (Å²) in [6, 6.07) is 0. The Morgan fingerprint density at radius 2 is 2.35 bits per heavy atom. The Morgan fingerprint density at radius 3 is 3.05 bits per heavy atom. The Bertz CT molecular complexity index is 346. The van der Waals surface area contributed by atoms with Crippen LogP contribution in [0, 0.1) is 5.92 Å². The van der Waals surface area contributed by atoms with Crippen molar-refractivity contribution in [1.82, 2.24) is 9.80 Å². The molecule has 0 aromatic heterocycles. The second-order valence-corrected chi connectivity index (χ2v) is 6.07. The predicted molar refractivity (Wildman–Crippen MR) is 79.4 cm³/mol. The second-order valence-electron chi connectivity index (χ2n) is 6.07. The summed E-state index contributed by atoms with van der Waals surface area (Å²) in [6.45, 7) is 5.01. The molecule has 1 heterocycles. The Hall–Kier alpha value is -0.910. The monoisotopic (exact) mass is 281 g/mol. The minimum atomic E-state index is -0.283. The first-order chi connectivity index (χ1) is 9.63. The fourth-order valence-electron chi connectivity index (χ4n) is 3.12. The van der Waals surface area contributed by atoms with E-state index in [0.29, 0.717) is 6.54 Å². The van der Waals surface area contributed by atoms with Crippen LogP contribution >= 0.6 is 0 Å². The molecule has 1 aliphatic carbocycles. The molecule has 0 saturated carbocycles. The third-order valence-corrected chi connectivity index (χ3v) is 4.06. The van der Waals surface area contributed by atoms with Gasteiger partial charge in [0.1, 0.15) is 0 Å². The van der Waals surface area contributed by atoms with Crippen molar-refractivity contribution in [2.24, 2.45) is 11.7 Å². The van der Waals surface area contributed by atoms with Gasteiger partial charge in [0, 0.05) is 26.2 Å². The van der Waals surface area contributed by atoms with Gasteiger partial charge in [0.05, 0.1) is 19.3 Å². The lowest BCUT2D eigenvalue weighted by atomic mass is 9.94. The highest BCUT2D eigenvalue weighted by atomic mass is 16.5. The molecule has 1 aliphatic heterocycles. The molecule has 114 valence electrons. The van der Waals surface area contributed by atoms with Crippen LogP contribution in [0.1, 0.15) is 19.3 Å². The molecule has 2 atom stereocenters. The lowest BCUT2D eigenvalue weighted by molar-refractivity contribution is -0.119. The fraction of sp³-hybridized carbons (Fsp3) is 0.800. The lowest BCUT2D eigenvalue weighted by Gasteiger charge is -2.36. The maximum atomic E-state index is 10.9. The predicted octanol–water partition coefficient (Wildman–Crippen LogP) is 0.461. The zero-order valence-electron chi connectivity index (χ0n) is 12.5. The largest absolute Gasteiger partial charge is 0.374 e. The first-order valence-corrected chi connectivity index (χ1v) is 7.59. The number of allylic oxidation sites excluding steroid dienone is 2. The van der Waals surface area contributed by atoms with Crippen molar-refractivity contribution in [3.63, 3.8) is 0 Å². The Morgan fingerprint density at radius 1 is 1.50 bits per heavy atom. The van der Waals surface area contributed by atoms with Gasteiger partial charge < -0.3 is 10.5 Å². The van der Waals surface area contributed by atoms with Gasteiger partial charge in [0.2, 0.25) is 5.91 Å². The van der Waals surface area contributed by atoms with Crippen LogP contribution in [0.3, 0.4) is 0 Å². The molecular formula is C15H27N3O2. The van der Waals surface area contributed by atoms with Gasteiger partial charge in [-0.25, -0.2) is 0 Å². The van der Waals surface area contributed by atoms with Crippen LogP contribution < -0.4 is 5.73 Å². The zero-order valence-corrected chi connectivity index (χ0v) is 12.5. The van der Waals surface area contributed by atoms with Gasteiger partial charge in [-0.3, -0.25) is 14.6 Å². The van der Waals surface area contributed by atoms with Crippen molar-refractivity contribution in [3.8, 4) is 0 Å². The highest BCUT2D eigenvalue weighted by Crippen LogP contribution is 2.20. The van der Waals surface area contributed by atoms with E-state index in [4.69, 9.17) is 10.5 Å². The van der Waals surface area contributed by atoms with Crippen molar-refractivity contribution in [2.75, 3.05) is 46.4 Å². The molecule has 0 aromatic carbocycles. The SMILES string of the molecule is CN(CC(N)=O)CC1CN(CC2CC=CCC2)CCO1. The summed E-state index contributed by atoms with van der Waals surface area (Å²) in [5.41, 5.74) is 5.21. The zero-order chi connectivity index (χ0) is 14.4. The summed E-state index contributed by atoms with van der Waals surface area (Å²) >= 11 is 0. The van der Waals surface area contributed by atoms with Gasteiger partial charge in [0.25, 0.3) is 0 Å². The standard InChI is InChI=1S/C15H27N3O2/c1-17(12-15(16)19)10-14-11-18(7-8-20-14)9-13-5-3-2-4-6-13/h2-3,13-14H,4-12H2,1H3,(H2,16,19). The molecule has 1 amide bonds. The molecule has 2 rings (SSSR count). The number of nitrogens with two attached hydrogens (primary N) is 1. The smallest absolute Gasteiger partial charge is 0.231 e. The maximum absolute atomic E-state index is 10.9. The van der Waals surface area contributed by atoms with Crippen LogP contribution in [-0.2, 0) is 9.53 Å². The molecular weight excluding hydrogens is 254 g/mol. The number of hydrogen-bond acceptors (Lipinski definition) is 4. The van der Waals surface area contributed by atoms with Crippen LogP contribution in [0.25, 0.3) is 0 Å². The van der Waals surface area contributed by atoms with Crippen LogP contribution in [0.4, 0.5) is 0 Å². The topological polar surface area (TPSA) is 58.8 Å². The number of likely N-dealkylation sites (N-methyl/N-ethyl adjacent to an activating group) is 1. The first kappa shape index (κ1) is 15.5. The van der Waals surface area contributed by atoms with E-state index in [1.54, 1.807) is 0 Å². The molecule has 2 N–H and O–H groups in total. The molecule has 2 unspecified atom stereocenters. The van der Waals surface area contributed by atoms with Crippen molar-refractivity contribution in [2.45, 2.75) is 25.4 Å². The van der Waals surface area contributed by atoms with E-state index in [-0.39, 0.29) is 12.0 Å². The summed E-state index contributed by atoms with van der Waals surface area (Å²) in [6.07, 6.45) is 8.53. The molecule has 0 aromatic rings. The molecule has 1 saturated heterocycles. The molecule has 2 aliphatic rings. The Balaban J connectivity index is 1.73. The number of primary amides is 1. The number of hydrogen-bond donors (Lipinski definition) is 1. The minimum absolute atomic E-state index is 0.187. The molecule has 0 spiro atoms. The number of nitrogens with zero attached hydrogens (tertiary/aromatic N) is 2. The lowest BCUT2D eigenvalue weighted by Crippen LogP contribution is -2.49. The average Bonchev–Trinajstić information content (AvgIpc) is 2.39. The van der Waals surface area contributed by atoms with Gasteiger partial charge in [0.15, 0.2) is 0 Å². The van der Waals surface area contributed by atoms with Crippen LogP contribution in [-0.4, -0.2) is 68.2 Å². The van der Waals surface area contributed by atoms with Crippen LogP contribution in [0.5, 0.6) is 0 Å². The van der Waals surface area contributed by atoms with Crippen LogP contribution in [0.2, 0.25) is 0 Å². The summed E-state index contributed by atoms with van der Waals surface area (Å²) in [5, 5.41) is 0. The molecule has 20 heavy (non-hydrogen) atoms. The first-order valence-electron chi connectivity index (χ1n) is 7.59. The summed E-state index contributed by atoms with van der Waals surface area (Å²) in [7, 11) is 1.92. The van der Waals surface area contributed by atoms with Gasteiger partial charge in [-0.05, 0) is 32.2 Å². The number of amides is 1. The quantitative estimate of drug-likeness (QED) is 0.719. The average molecular weight is 281 g/mol. The fourth-order valence-corrected chi connectivity index (χ4v) is 3.12. The van der Waals surface area contributed by atoms with Crippen molar-refractivity contribution < 1.29 is 9.53 Å². The Labute approximate surface area is 121 Å². The van der Waals surface area contributed by atoms with Crippen molar-refractivity contribution in [1.29, 1.82) is 0 Å². The summed E-state index contributed by atoms with van der Waals surface area (Å²) in [4.78, 5) is 15.4. The van der Waals surface area contributed by atoms with Gasteiger partial charge in [-0.2, -0.15) is 0 Å². The van der Waals surface area contributed by atoms with Gasteiger partial charge in [-0.1, -0.05) is 12.2 Å². The highest BCUT2D eigenvalue weighted by molar-refractivity contribution is 5.75. The number of rotatable bonds is 6. The molecule has 5 nitrogen and oxygen atoms in total. The van der Waals surface area contributed by atoms with Crippen LogP contribution in [0.15, 0.2) is 12.2 Å². The van der Waals surface area contributed by atoms with Gasteiger partial charge in [-0.15, -0.1) is 0 Å². The maximum Gasteiger partial charge on any atom is 0.231 e. The normalized spacial score (nSPS) is 27.9. The molecule has 0 radical (unpaired) electrons. The number of carbonyl (C=O) groups is 1. The number of ether oxygens (including phenoxy) is 1. The van der Waals surface area contributed by atoms with Gasteiger partial charge >= 0.3 is 0 Å². The third kappa shape index (κ3) is 5.23. The van der Waals surface area contributed by atoms with E-state index in [9.17, 15) is 4.79 Å². The van der Waals surface area contributed by atoms with E-state index >= 15 is 0 Å². The number of carbonyl (C=O) groups excluding carboxylic acids is 1. The summed E-state index contributed by atoms with van der Waals surface area (Å²) in [5.74, 6) is 0.510. The van der Waals surface area contributed by atoms with Crippen molar-refractivity contribution >= 4 is 5.91 Å². The van der Waals surface area contributed by atoms with E-state index < -0.39 is 0 Å².